The molecule has 0 bridgehead atoms. The van der Waals surface area contributed by atoms with Gasteiger partial charge in [0.25, 0.3) is 0 Å². The summed E-state index contributed by atoms with van der Waals surface area (Å²) in [5.41, 5.74) is 9.60. The molecule has 2 aromatic rings. The van der Waals surface area contributed by atoms with Gasteiger partial charge in [0, 0.05) is 5.56 Å². The number of hydrogen-bond donors (Lipinski definition) is 1. The van der Waals surface area contributed by atoms with E-state index in [9.17, 15) is 5.11 Å². The molecule has 2 aliphatic rings. The smallest absolute Gasteiger partial charge is 0.122 e. The number of benzene rings is 2. The molecule has 114 valence electrons. The quantitative estimate of drug-likeness (QED) is 0.583. The van der Waals surface area contributed by atoms with E-state index in [0.717, 1.165) is 24.0 Å². The summed E-state index contributed by atoms with van der Waals surface area (Å²) in [7, 11) is 0. The van der Waals surface area contributed by atoms with Crippen molar-refractivity contribution in [2.75, 3.05) is 0 Å². The average molecular weight is 300 g/mol. The lowest BCUT2D eigenvalue weighted by molar-refractivity contribution is 0.505. The molecule has 2 aliphatic carbocycles. The summed E-state index contributed by atoms with van der Waals surface area (Å²) < 4.78 is 0. The fraction of sp³-hybridized carbons (Fsp3) is 0.182. The lowest BCUT2D eigenvalue weighted by Crippen LogP contribution is -2.00. The van der Waals surface area contributed by atoms with E-state index in [1.807, 2.05) is 13.8 Å². The zero-order chi connectivity index (χ0) is 16.0. The van der Waals surface area contributed by atoms with E-state index in [4.69, 9.17) is 0 Å². The van der Waals surface area contributed by atoms with Crippen molar-refractivity contribution in [1.29, 1.82) is 0 Å². The summed E-state index contributed by atoms with van der Waals surface area (Å²) in [5, 5.41) is 10.8. The fourth-order valence-electron chi connectivity index (χ4n) is 3.65. The molecule has 0 aliphatic heterocycles. The third-order valence-corrected chi connectivity index (χ3v) is 4.82. The zero-order valence-corrected chi connectivity index (χ0v) is 13.6. The highest BCUT2D eigenvalue weighted by atomic mass is 16.3. The predicted molar refractivity (Wildman–Crippen MR) is 97.3 cm³/mol. The second-order valence-electron chi connectivity index (χ2n) is 6.52. The first-order valence-corrected chi connectivity index (χ1v) is 8.14. The number of hydrogen-bond acceptors (Lipinski definition) is 1. The van der Waals surface area contributed by atoms with Crippen LogP contribution in [0.25, 0.3) is 22.5 Å². The van der Waals surface area contributed by atoms with Crippen LogP contribution in [0, 0.1) is 0 Å². The molecule has 0 unspecified atom stereocenters. The van der Waals surface area contributed by atoms with Crippen molar-refractivity contribution in [3.05, 3.63) is 82.5 Å². The molecule has 0 spiro atoms. The molecule has 0 fully saturated rings. The van der Waals surface area contributed by atoms with Gasteiger partial charge in [0.15, 0.2) is 0 Å². The average Bonchev–Trinajstić information content (AvgIpc) is 3.20. The van der Waals surface area contributed by atoms with E-state index in [1.165, 1.54) is 33.4 Å². The molecule has 0 heterocycles. The van der Waals surface area contributed by atoms with Gasteiger partial charge in [0.1, 0.15) is 5.76 Å². The summed E-state index contributed by atoms with van der Waals surface area (Å²) >= 11 is 0. The maximum Gasteiger partial charge on any atom is 0.122 e. The van der Waals surface area contributed by atoms with Crippen LogP contribution in [0.15, 0.2) is 60.2 Å². The van der Waals surface area contributed by atoms with Crippen LogP contribution in [-0.4, -0.2) is 5.11 Å². The van der Waals surface area contributed by atoms with Gasteiger partial charge >= 0.3 is 0 Å². The Bertz CT molecular complexity index is 890. The Hall–Kier alpha value is -2.54. The van der Waals surface area contributed by atoms with E-state index in [-0.39, 0.29) is 0 Å². The minimum Gasteiger partial charge on any atom is -0.507 e. The maximum absolute atomic E-state index is 10.8. The van der Waals surface area contributed by atoms with Crippen molar-refractivity contribution < 1.29 is 5.11 Å². The Morgan fingerprint density at radius 3 is 2.48 bits per heavy atom. The normalized spacial score (nSPS) is 14.4. The lowest BCUT2D eigenvalue weighted by atomic mass is 9.89. The Morgan fingerprint density at radius 2 is 1.74 bits per heavy atom. The fourth-order valence-corrected chi connectivity index (χ4v) is 3.65. The van der Waals surface area contributed by atoms with Crippen molar-refractivity contribution in [3.63, 3.8) is 0 Å². The lowest BCUT2D eigenvalue weighted by Gasteiger charge is -2.16. The van der Waals surface area contributed by atoms with Crippen molar-refractivity contribution in [2.45, 2.75) is 26.7 Å². The molecule has 1 N–H and O–H groups in total. The SMILES string of the molecule is CC(C)=C(O)c1c(C2=CC=CC2)ccc2c1Cc1ccccc1-2. The molecule has 4 rings (SSSR count). The molecule has 0 saturated carbocycles. The number of allylic oxidation sites excluding steroid dienone is 5. The Kier molecular flexibility index (Phi) is 3.23. The first-order chi connectivity index (χ1) is 11.2. The third kappa shape index (κ3) is 2.16. The van der Waals surface area contributed by atoms with Crippen molar-refractivity contribution in [3.8, 4) is 11.1 Å². The molecular weight excluding hydrogens is 280 g/mol. The molecule has 0 atom stereocenters. The monoisotopic (exact) mass is 300 g/mol. The maximum atomic E-state index is 10.8. The van der Waals surface area contributed by atoms with E-state index < -0.39 is 0 Å². The summed E-state index contributed by atoms with van der Waals surface area (Å²) in [5.74, 6) is 0.428. The van der Waals surface area contributed by atoms with E-state index in [2.05, 4.69) is 54.6 Å². The van der Waals surface area contributed by atoms with Gasteiger partial charge in [-0.05, 0) is 65.7 Å². The van der Waals surface area contributed by atoms with E-state index in [0.29, 0.717) is 5.76 Å². The van der Waals surface area contributed by atoms with Gasteiger partial charge in [-0.1, -0.05) is 54.6 Å². The Labute approximate surface area is 137 Å². The van der Waals surface area contributed by atoms with Crippen LogP contribution in [-0.2, 0) is 6.42 Å². The van der Waals surface area contributed by atoms with Crippen LogP contribution in [0.2, 0.25) is 0 Å². The third-order valence-electron chi connectivity index (χ3n) is 4.82. The Morgan fingerprint density at radius 1 is 0.957 bits per heavy atom. The predicted octanol–water partition coefficient (Wildman–Crippen LogP) is 5.91. The number of aliphatic hydroxyl groups excluding tert-OH is 1. The van der Waals surface area contributed by atoms with Gasteiger partial charge < -0.3 is 5.11 Å². The first-order valence-electron chi connectivity index (χ1n) is 8.14. The van der Waals surface area contributed by atoms with Crippen molar-refractivity contribution in [1.82, 2.24) is 0 Å². The Balaban J connectivity index is 1.99. The second-order valence-corrected chi connectivity index (χ2v) is 6.52. The summed E-state index contributed by atoms with van der Waals surface area (Å²) in [6, 6.07) is 12.9. The largest absolute Gasteiger partial charge is 0.507 e. The highest BCUT2D eigenvalue weighted by Gasteiger charge is 2.25. The molecular formula is C22H20O. The highest BCUT2D eigenvalue weighted by Crippen LogP contribution is 2.43. The minimum absolute atomic E-state index is 0.428. The van der Waals surface area contributed by atoms with Gasteiger partial charge in [-0.3, -0.25) is 0 Å². The molecule has 23 heavy (non-hydrogen) atoms. The number of rotatable bonds is 2. The minimum atomic E-state index is 0.428. The molecule has 2 aromatic carbocycles. The van der Waals surface area contributed by atoms with Crippen LogP contribution in [0.3, 0.4) is 0 Å². The van der Waals surface area contributed by atoms with Crippen LogP contribution in [0.4, 0.5) is 0 Å². The first kappa shape index (κ1) is 14.1. The molecule has 0 amide bonds. The molecule has 0 radical (unpaired) electrons. The van der Waals surface area contributed by atoms with Gasteiger partial charge in [0.2, 0.25) is 0 Å². The van der Waals surface area contributed by atoms with E-state index >= 15 is 0 Å². The van der Waals surface area contributed by atoms with Crippen molar-refractivity contribution >= 4 is 11.3 Å². The molecule has 0 saturated heterocycles. The molecule has 1 heteroatoms. The molecule has 0 aromatic heterocycles. The second kappa shape index (κ2) is 5.27. The van der Waals surface area contributed by atoms with E-state index in [1.54, 1.807) is 0 Å². The zero-order valence-electron chi connectivity index (χ0n) is 13.6. The van der Waals surface area contributed by atoms with Gasteiger partial charge in [-0.2, -0.15) is 0 Å². The van der Waals surface area contributed by atoms with Crippen LogP contribution >= 0.6 is 0 Å². The summed E-state index contributed by atoms with van der Waals surface area (Å²) in [6.45, 7) is 3.95. The summed E-state index contributed by atoms with van der Waals surface area (Å²) in [4.78, 5) is 0. The highest BCUT2D eigenvalue weighted by molar-refractivity contribution is 5.89. The summed E-state index contributed by atoms with van der Waals surface area (Å²) in [6.07, 6.45) is 8.26. The van der Waals surface area contributed by atoms with Gasteiger partial charge in [-0.15, -0.1) is 0 Å². The number of aliphatic hydroxyl groups is 1. The topological polar surface area (TPSA) is 20.2 Å². The standard InChI is InChI=1S/C22H20O/c1-14(2)22(23)21-18(15-7-3-4-8-15)11-12-19-17-10-6-5-9-16(17)13-20(19)21/h3-7,9-12,23H,8,13H2,1-2H3. The van der Waals surface area contributed by atoms with Gasteiger partial charge in [-0.25, -0.2) is 0 Å². The van der Waals surface area contributed by atoms with Crippen LogP contribution in [0.1, 0.15) is 42.5 Å². The van der Waals surface area contributed by atoms with Crippen molar-refractivity contribution in [2.24, 2.45) is 0 Å². The van der Waals surface area contributed by atoms with Crippen LogP contribution in [0.5, 0.6) is 0 Å². The number of fused-ring (bicyclic) bond motifs is 3. The van der Waals surface area contributed by atoms with Gasteiger partial charge in [0.05, 0.1) is 0 Å². The molecule has 1 nitrogen and oxygen atoms in total. The van der Waals surface area contributed by atoms with Crippen LogP contribution < -0.4 is 0 Å².